The Morgan fingerprint density at radius 3 is 2.56 bits per heavy atom. The van der Waals surface area contributed by atoms with Crippen molar-refractivity contribution in [1.29, 1.82) is 0 Å². The highest BCUT2D eigenvalue weighted by Crippen LogP contribution is 2.30. The van der Waals surface area contributed by atoms with Crippen molar-refractivity contribution in [3.63, 3.8) is 0 Å². The average Bonchev–Trinajstić information content (AvgIpc) is 2.16. The Morgan fingerprint density at radius 2 is 2.06 bits per heavy atom. The minimum absolute atomic E-state index is 0.285. The van der Waals surface area contributed by atoms with Crippen LogP contribution in [0.4, 0.5) is 0 Å². The normalized spacial score (nSPS) is 28.6. The molecule has 94 valence electrons. The summed E-state index contributed by atoms with van der Waals surface area (Å²) in [6.07, 6.45) is 3.11. The van der Waals surface area contributed by atoms with E-state index in [4.69, 9.17) is 5.11 Å². The van der Waals surface area contributed by atoms with Gasteiger partial charge in [0, 0.05) is 0 Å². The van der Waals surface area contributed by atoms with Gasteiger partial charge in [-0.05, 0) is 25.7 Å². The topological polar surface area (TPSA) is 71.4 Å². The Morgan fingerprint density at radius 1 is 1.44 bits per heavy atom. The van der Waals surface area contributed by atoms with E-state index in [1.165, 1.54) is 6.92 Å². The molecule has 1 aliphatic carbocycles. The van der Waals surface area contributed by atoms with E-state index in [0.29, 0.717) is 18.8 Å². The SMILES string of the molecule is CC1CCCC(S(=O)(=O)C(C)CC(=O)O)C1. The summed E-state index contributed by atoms with van der Waals surface area (Å²) in [4.78, 5) is 10.5. The highest BCUT2D eigenvalue weighted by atomic mass is 32.2. The molecule has 16 heavy (non-hydrogen) atoms. The number of hydrogen-bond donors (Lipinski definition) is 1. The zero-order chi connectivity index (χ0) is 12.3. The van der Waals surface area contributed by atoms with Crippen molar-refractivity contribution in [3.05, 3.63) is 0 Å². The predicted octanol–water partition coefficient (Wildman–Crippen LogP) is 1.84. The quantitative estimate of drug-likeness (QED) is 0.824. The number of carboxylic acids is 1. The molecule has 1 fully saturated rings. The fraction of sp³-hybridized carbons (Fsp3) is 0.909. The third-order valence-corrected chi connectivity index (χ3v) is 6.02. The van der Waals surface area contributed by atoms with Crippen LogP contribution in [0, 0.1) is 5.92 Å². The van der Waals surface area contributed by atoms with Crippen LogP contribution in [0.15, 0.2) is 0 Å². The molecule has 0 aromatic carbocycles. The van der Waals surface area contributed by atoms with E-state index in [2.05, 4.69) is 6.92 Å². The Hall–Kier alpha value is -0.580. The van der Waals surface area contributed by atoms with Crippen LogP contribution in [0.5, 0.6) is 0 Å². The lowest BCUT2D eigenvalue weighted by Crippen LogP contribution is -2.35. The van der Waals surface area contributed by atoms with Gasteiger partial charge in [0.15, 0.2) is 9.84 Å². The molecule has 3 unspecified atom stereocenters. The molecule has 0 aromatic rings. The fourth-order valence-electron chi connectivity index (χ4n) is 2.37. The third-order valence-electron chi connectivity index (χ3n) is 3.38. The summed E-state index contributed by atoms with van der Waals surface area (Å²) in [5.41, 5.74) is 0. The number of carboxylic acid groups (broad SMARTS) is 1. The van der Waals surface area contributed by atoms with Crippen LogP contribution in [0.1, 0.15) is 46.0 Å². The highest BCUT2D eigenvalue weighted by molar-refractivity contribution is 7.92. The molecule has 0 amide bonds. The third kappa shape index (κ3) is 3.20. The standard InChI is InChI=1S/C11H20O4S/c1-8-4-3-5-10(6-8)16(14,15)9(2)7-11(12)13/h8-10H,3-7H2,1-2H3,(H,12,13). The summed E-state index contributed by atoms with van der Waals surface area (Å²) in [5, 5.41) is 7.54. The molecule has 1 N–H and O–H groups in total. The van der Waals surface area contributed by atoms with Crippen molar-refractivity contribution >= 4 is 15.8 Å². The second kappa shape index (κ2) is 5.17. The van der Waals surface area contributed by atoms with Crippen LogP contribution < -0.4 is 0 Å². The van der Waals surface area contributed by atoms with E-state index in [0.717, 1.165) is 12.8 Å². The maximum Gasteiger partial charge on any atom is 0.304 e. The summed E-state index contributed by atoms with van der Waals surface area (Å²) in [6.45, 7) is 3.56. The minimum Gasteiger partial charge on any atom is -0.481 e. The molecule has 4 nitrogen and oxygen atoms in total. The van der Waals surface area contributed by atoms with Gasteiger partial charge in [-0.25, -0.2) is 8.42 Å². The first-order valence-electron chi connectivity index (χ1n) is 5.78. The average molecular weight is 248 g/mol. The molecule has 0 radical (unpaired) electrons. The molecule has 0 aromatic heterocycles. The summed E-state index contributed by atoms with van der Waals surface area (Å²) < 4.78 is 24.2. The van der Waals surface area contributed by atoms with E-state index < -0.39 is 21.1 Å². The molecule has 0 bridgehead atoms. The smallest absolute Gasteiger partial charge is 0.304 e. The molecule has 1 aliphatic rings. The van der Waals surface area contributed by atoms with Crippen molar-refractivity contribution in [3.8, 4) is 0 Å². The largest absolute Gasteiger partial charge is 0.481 e. The lowest BCUT2D eigenvalue weighted by molar-refractivity contribution is -0.136. The maximum atomic E-state index is 12.1. The van der Waals surface area contributed by atoms with Crippen LogP contribution in [0.3, 0.4) is 0 Å². The summed E-state index contributed by atoms with van der Waals surface area (Å²) in [6, 6.07) is 0. The zero-order valence-corrected chi connectivity index (χ0v) is 10.7. The van der Waals surface area contributed by atoms with Gasteiger partial charge in [0.1, 0.15) is 0 Å². The summed E-state index contributed by atoms with van der Waals surface area (Å²) >= 11 is 0. The molecular formula is C11H20O4S. The molecule has 0 heterocycles. The second-order valence-electron chi connectivity index (χ2n) is 4.89. The van der Waals surface area contributed by atoms with Crippen molar-refractivity contribution in [2.45, 2.75) is 56.5 Å². The van der Waals surface area contributed by atoms with Gasteiger partial charge < -0.3 is 5.11 Å². The van der Waals surface area contributed by atoms with Gasteiger partial charge in [-0.15, -0.1) is 0 Å². The number of sulfone groups is 1. The van der Waals surface area contributed by atoms with Crippen molar-refractivity contribution < 1.29 is 18.3 Å². The van der Waals surface area contributed by atoms with Gasteiger partial charge in [-0.1, -0.05) is 19.8 Å². The first-order valence-corrected chi connectivity index (χ1v) is 7.39. The molecule has 0 aliphatic heterocycles. The Kier molecular flexibility index (Phi) is 4.35. The van der Waals surface area contributed by atoms with Gasteiger partial charge in [0.2, 0.25) is 0 Å². The molecule has 0 saturated heterocycles. The van der Waals surface area contributed by atoms with Gasteiger partial charge in [0.25, 0.3) is 0 Å². The zero-order valence-electron chi connectivity index (χ0n) is 9.85. The summed E-state index contributed by atoms with van der Waals surface area (Å²) in [5.74, 6) is -0.606. The predicted molar refractivity (Wildman–Crippen MR) is 62.1 cm³/mol. The number of aliphatic carboxylic acids is 1. The Labute approximate surface area is 97.0 Å². The van der Waals surface area contributed by atoms with Crippen molar-refractivity contribution in [2.75, 3.05) is 0 Å². The van der Waals surface area contributed by atoms with Crippen molar-refractivity contribution in [2.24, 2.45) is 5.92 Å². The van der Waals surface area contributed by atoms with E-state index >= 15 is 0 Å². The Balaban J connectivity index is 2.72. The van der Waals surface area contributed by atoms with Crippen LogP contribution in [0.2, 0.25) is 0 Å². The molecule has 1 rings (SSSR count). The maximum absolute atomic E-state index is 12.1. The summed E-state index contributed by atoms with van der Waals surface area (Å²) in [7, 11) is -3.27. The van der Waals surface area contributed by atoms with Gasteiger partial charge >= 0.3 is 5.97 Å². The van der Waals surface area contributed by atoms with Crippen LogP contribution in [0.25, 0.3) is 0 Å². The monoisotopic (exact) mass is 248 g/mol. The molecule has 0 spiro atoms. The first kappa shape index (κ1) is 13.5. The lowest BCUT2D eigenvalue weighted by atomic mass is 9.91. The minimum atomic E-state index is -3.27. The Bertz CT molecular complexity index is 347. The first-order chi connectivity index (χ1) is 7.34. The molecule has 5 heteroatoms. The molecular weight excluding hydrogens is 228 g/mol. The van der Waals surface area contributed by atoms with Gasteiger partial charge in [-0.3, -0.25) is 4.79 Å². The van der Waals surface area contributed by atoms with Crippen LogP contribution in [-0.2, 0) is 14.6 Å². The van der Waals surface area contributed by atoms with Crippen molar-refractivity contribution in [1.82, 2.24) is 0 Å². The fourth-order valence-corrected chi connectivity index (χ4v) is 4.49. The second-order valence-corrected chi connectivity index (χ2v) is 7.54. The highest BCUT2D eigenvalue weighted by Gasteiger charge is 2.34. The van der Waals surface area contributed by atoms with Crippen LogP contribution in [-0.4, -0.2) is 30.0 Å². The van der Waals surface area contributed by atoms with Crippen LogP contribution >= 0.6 is 0 Å². The number of carbonyl (C=O) groups is 1. The molecule has 3 atom stereocenters. The van der Waals surface area contributed by atoms with E-state index in [9.17, 15) is 13.2 Å². The number of hydrogen-bond acceptors (Lipinski definition) is 3. The number of rotatable bonds is 4. The van der Waals surface area contributed by atoms with Gasteiger partial charge in [-0.2, -0.15) is 0 Å². The van der Waals surface area contributed by atoms with Gasteiger partial charge in [0.05, 0.1) is 16.9 Å². The van der Waals surface area contributed by atoms with E-state index in [1.54, 1.807) is 0 Å². The van der Waals surface area contributed by atoms with E-state index in [1.807, 2.05) is 0 Å². The lowest BCUT2D eigenvalue weighted by Gasteiger charge is -2.28. The molecule has 1 saturated carbocycles. The van der Waals surface area contributed by atoms with E-state index in [-0.39, 0.29) is 11.7 Å².